The number of carbonyl (C=O) groups excluding carboxylic acids is 1. The third kappa shape index (κ3) is 4.72. The summed E-state index contributed by atoms with van der Waals surface area (Å²) in [6.07, 6.45) is 0.0525. The number of amides is 1. The number of nitrogens with one attached hydrogen (secondary N) is 2. The van der Waals surface area contributed by atoms with E-state index in [2.05, 4.69) is 10.0 Å². The number of fused-ring (bicyclic) bond motifs is 1. The first-order valence-electron chi connectivity index (χ1n) is 8.71. The fraction of sp³-hybridized carbons (Fsp3) is 0.190. The summed E-state index contributed by atoms with van der Waals surface area (Å²) in [6, 6.07) is 18.5. The zero-order valence-corrected chi connectivity index (χ0v) is 16.1. The first-order chi connectivity index (χ1) is 12.8. The molecule has 0 saturated heterocycles. The summed E-state index contributed by atoms with van der Waals surface area (Å²) in [5, 5.41) is 4.93. The third-order valence-corrected chi connectivity index (χ3v) is 5.92. The molecule has 3 aromatic rings. The van der Waals surface area contributed by atoms with Crippen LogP contribution in [0, 0.1) is 13.8 Å². The Hall–Kier alpha value is -2.70. The SMILES string of the molecule is Cc1ccc(S(=O)(=O)NCCC(=O)Nc2ccc3ccccc3c2)cc1C. The zero-order chi connectivity index (χ0) is 19.4. The highest BCUT2D eigenvalue weighted by Crippen LogP contribution is 2.19. The smallest absolute Gasteiger partial charge is 0.240 e. The number of benzene rings is 3. The van der Waals surface area contributed by atoms with Gasteiger partial charge in [0.15, 0.2) is 0 Å². The van der Waals surface area contributed by atoms with Crippen LogP contribution in [0.2, 0.25) is 0 Å². The number of aryl methyl sites for hydroxylation is 2. The predicted molar refractivity (Wildman–Crippen MR) is 108 cm³/mol. The van der Waals surface area contributed by atoms with Gasteiger partial charge in [0.1, 0.15) is 0 Å². The predicted octanol–water partition coefficient (Wildman–Crippen LogP) is 3.76. The molecule has 5 nitrogen and oxygen atoms in total. The van der Waals surface area contributed by atoms with E-state index < -0.39 is 10.0 Å². The van der Waals surface area contributed by atoms with E-state index in [9.17, 15) is 13.2 Å². The van der Waals surface area contributed by atoms with E-state index >= 15 is 0 Å². The Morgan fingerprint density at radius 2 is 1.63 bits per heavy atom. The van der Waals surface area contributed by atoms with Crippen molar-refractivity contribution in [2.24, 2.45) is 0 Å². The number of anilines is 1. The van der Waals surface area contributed by atoms with E-state index in [0.717, 1.165) is 21.9 Å². The molecule has 3 aromatic carbocycles. The molecule has 0 aliphatic heterocycles. The summed E-state index contributed by atoms with van der Waals surface area (Å²) in [6.45, 7) is 3.83. The Kier molecular flexibility index (Phi) is 5.58. The van der Waals surface area contributed by atoms with Crippen LogP contribution in [0.25, 0.3) is 10.8 Å². The molecule has 0 aliphatic carbocycles. The van der Waals surface area contributed by atoms with Gasteiger partial charge in [0.05, 0.1) is 4.90 Å². The van der Waals surface area contributed by atoms with Crippen molar-refractivity contribution < 1.29 is 13.2 Å². The van der Waals surface area contributed by atoms with Crippen LogP contribution in [0.1, 0.15) is 17.5 Å². The molecule has 2 N–H and O–H groups in total. The monoisotopic (exact) mass is 382 g/mol. The van der Waals surface area contributed by atoms with Crippen LogP contribution in [-0.4, -0.2) is 20.9 Å². The van der Waals surface area contributed by atoms with Crippen LogP contribution in [0.4, 0.5) is 5.69 Å². The number of carbonyl (C=O) groups is 1. The molecule has 0 bridgehead atoms. The molecule has 6 heteroatoms. The van der Waals surface area contributed by atoms with Gasteiger partial charge >= 0.3 is 0 Å². The second kappa shape index (κ2) is 7.90. The van der Waals surface area contributed by atoms with Crippen LogP contribution < -0.4 is 10.0 Å². The van der Waals surface area contributed by atoms with Gasteiger partial charge in [-0.05, 0) is 60.0 Å². The Bertz CT molecular complexity index is 1090. The van der Waals surface area contributed by atoms with Crippen molar-refractivity contribution in [1.29, 1.82) is 0 Å². The van der Waals surface area contributed by atoms with Gasteiger partial charge in [-0.3, -0.25) is 4.79 Å². The standard InChI is InChI=1S/C21H22N2O3S/c1-15-7-10-20(13-16(15)2)27(25,26)22-12-11-21(24)23-19-9-8-17-5-3-4-6-18(17)14-19/h3-10,13-14,22H,11-12H2,1-2H3,(H,23,24). The minimum absolute atomic E-state index is 0.0364. The Morgan fingerprint density at radius 1 is 0.889 bits per heavy atom. The molecule has 0 radical (unpaired) electrons. The van der Waals surface area contributed by atoms with Crippen LogP contribution in [-0.2, 0) is 14.8 Å². The summed E-state index contributed by atoms with van der Waals surface area (Å²) in [7, 11) is -3.63. The minimum Gasteiger partial charge on any atom is -0.326 e. The number of hydrogen-bond acceptors (Lipinski definition) is 3. The molecular formula is C21H22N2O3S. The lowest BCUT2D eigenvalue weighted by molar-refractivity contribution is -0.116. The molecule has 3 rings (SSSR count). The molecule has 0 heterocycles. The fourth-order valence-corrected chi connectivity index (χ4v) is 3.87. The maximum Gasteiger partial charge on any atom is 0.240 e. The quantitative estimate of drug-likeness (QED) is 0.681. The van der Waals surface area contributed by atoms with Crippen molar-refractivity contribution in [2.45, 2.75) is 25.2 Å². The fourth-order valence-electron chi connectivity index (χ4n) is 2.75. The second-order valence-corrected chi connectivity index (χ2v) is 8.27. The van der Waals surface area contributed by atoms with Gasteiger partial charge in [-0.1, -0.05) is 36.4 Å². The molecule has 0 spiro atoms. The van der Waals surface area contributed by atoms with E-state index in [-0.39, 0.29) is 23.8 Å². The molecule has 1 amide bonds. The van der Waals surface area contributed by atoms with Crippen LogP contribution in [0.3, 0.4) is 0 Å². The minimum atomic E-state index is -3.63. The summed E-state index contributed by atoms with van der Waals surface area (Å²) >= 11 is 0. The molecule has 0 fully saturated rings. The maximum absolute atomic E-state index is 12.3. The van der Waals surface area contributed by atoms with Gasteiger partial charge in [-0.25, -0.2) is 13.1 Å². The van der Waals surface area contributed by atoms with Gasteiger partial charge in [0, 0.05) is 18.7 Å². The Balaban J connectivity index is 1.57. The van der Waals surface area contributed by atoms with Gasteiger partial charge in [-0.15, -0.1) is 0 Å². The number of sulfonamides is 1. The number of hydrogen-bond donors (Lipinski definition) is 2. The Morgan fingerprint density at radius 3 is 2.37 bits per heavy atom. The summed E-state index contributed by atoms with van der Waals surface area (Å²) in [5.74, 6) is -0.243. The van der Waals surface area contributed by atoms with Crippen LogP contribution in [0.5, 0.6) is 0 Å². The maximum atomic E-state index is 12.3. The van der Waals surface area contributed by atoms with E-state index in [4.69, 9.17) is 0 Å². The zero-order valence-electron chi connectivity index (χ0n) is 15.3. The highest BCUT2D eigenvalue weighted by Gasteiger charge is 2.15. The van der Waals surface area contributed by atoms with Crippen molar-refractivity contribution in [3.05, 3.63) is 71.8 Å². The van der Waals surface area contributed by atoms with E-state index in [1.165, 1.54) is 0 Å². The first kappa shape index (κ1) is 19.1. The molecule has 0 saturated carbocycles. The van der Waals surface area contributed by atoms with E-state index in [1.54, 1.807) is 18.2 Å². The summed E-state index contributed by atoms with van der Waals surface area (Å²) in [4.78, 5) is 12.3. The highest BCUT2D eigenvalue weighted by molar-refractivity contribution is 7.89. The van der Waals surface area contributed by atoms with Crippen molar-refractivity contribution in [2.75, 3.05) is 11.9 Å². The van der Waals surface area contributed by atoms with E-state index in [0.29, 0.717) is 5.69 Å². The van der Waals surface area contributed by atoms with Gasteiger partial charge in [-0.2, -0.15) is 0 Å². The van der Waals surface area contributed by atoms with Crippen LogP contribution in [0.15, 0.2) is 65.6 Å². The summed E-state index contributed by atoms with van der Waals surface area (Å²) < 4.78 is 27.2. The lowest BCUT2D eigenvalue weighted by Gasteiger charge is -2.09. The van der Waals surface area contributed by atoms with Crippen molar-refractivity contribution in [3.8, 4) is 0 Å². The third-order valence-electron chi connectivity index (χ3n) is 4.47. The van der Waals surface area contributed by atoms with Crippen molar-refractivity contribution >= 4 is 32.4 Å². The Labute approximate surface area is 159 Å². The first-order valence-corrected chi connectivity index (χ1v) is 10.2. The molecule has 27 heavy (non-hydrogen) atoms. The average molecular weight is 382 g/mol. The normalized spacial score (nSPS) is 11.5. The molecular weight excluding hydrogens is 360 g/mol. The van der Waals surface area contributed by atoms with Gasteiger partial charge in [0.2, 0.25) is 15.9 Å². The van der Waals surface area contributed by atoms with E-state index in [1.807, 2.05) is 56.3 Å². The van der Waals surface area contributed by atoms with Gasteiger partial charge in [0.25, 0.3) is 0 Å². The highest BCUT2D eigenvalue weighted by atomic mass is 32.2. The van der Waals surface area contributed by atoms with Crippen LogP contribution >= 0.6 is 0 Å². The molecule has 0 atom stereocenters. The van der Waals surface area contributed by atoms with Crippen molar-refractivity contribution in [3.63, 3.8) is 0 Å². The average Bonchev–Trinajstić information content (AvgIpc) is 2.63. The second-order valence-electron chi connectivity index (χ2n) is 6.50. The molecule has 140 valence electrons. The summed E-state index contributed by atoms with van der Waals surface area (Å²) in [5.41, 5.74) is 2.63. The molecule has 0 unspecified atom stereocenters. The van der Waals surface area contributed by atoms with Crippen molar-refractivity contribution in [1.82, 2.24) is 4.72 Å². The molecule has 0 aromatic heterocycles. The largest absolute Gasteiger partial charge is 0.326 e. The topological polar surface area (TPSA) is 75.3 Å². The lowest BCUT2D eigenvalue weighted by Crippen LogP contribution is -2.28. The molecule has 0 aliphatic rings. The van der Waals surface area contributed by atoms with Gasteiger partial charge < -0.3 is 5.32 Å². The lowest BCUT2D eigenvalue weighted by atomic mass is 10.1. The number of rotatable bonds is 6.